The molecule has 0 aliphatic carbocycles. The first-order valence-corrected chi connectivity index (χ1v) is 9.08. The van der Waals surface area contributed by atoms with E-state index in [9.17, 15) is 21.6 Å². The van der Waals surface area contributed by atoms with Gasteiger partial charge in [0.1, 0.15) is 6.61 Å². The molecule has 2 atom stereocenters. The Kier molecular flexibility index (Phi) is 6.59. The van der Waals surface area contributed by atoms with Crippen molar-refractivity contribution >= 4 is 25.8 Å². The van der Waals surface area contributed by atoms with Crippen LogP contribution in [0.2, 0.25) is 0 Å². The highest BCUT2D eigenvalue weighted by atomic mass is 79.9. The molecular formula is C11H18BrF3O3S. The van der Waals surface area contributed by atoms with Crippen molar-refractivity contribution in [2.45, 2.75) is 25.4 Å². The predicted molar refractivity (Wildman–Crippen MR) is 70.2 cm³/mol. The minimum absolute atomic E-state index is 0.0580. The molecule has 0 aromatic rings. The molecule has 19 heavy (non-hydrogen) atoms. The number of rotatable bonds is 7. The maximum absolute atomic E-state index is 11.8. The largest absolute Gasteiger partial charge is 0.411 e. The van der Waals surface area contributed by atoms with Crippen LogP contribution in [0.5, 0.6) is 0 Å². The van der Waals surface area contributed by atoms with Gasteiger partial charge in [-0.1, -0.05) is 15.9 Å². The first-order valence-electron chi connectivity index (χ1n) is 6.14. The molecule has 0 aromatic heterocycles. The summed E-state index contributed by atoms with van der Waals surface area (Å²) in [6.07, 6.45) is -2.43. The zero-order valence-electron chi connectivity index (χ0n) is 10.5. The highest BCUT2D eigenvalue weighted by molar-refractivity contribution is 9.09. The van der Waals surface area contributed by atoms with Gasteiger partial charge in [-0.15, -0.1) is 0 Å². The molecule has 1 saturated heterocycles. The van der Waals surface area contributed by atoms with Crippen molar-refractivity contribution in [1.29, 1.82) is 0 Å². The predicted octanol–water partition coefficient (Wildman–Crippen LogP) is 2.79. The van der Waals surface area contributed by atoms with Crippen LogP contribution in [0.15, 0.2) is 0 Å². The first kappa shape index (κ1) is 17.2. The van der Waals surface area contributed by atoms with Crippen molar-refractivity contribution in [2.24, 2.45) is 11.8 Å². The average molecular weight is 367 g/mol. The molecule has 8 heteroatoms. The van der Waals surface area contributed by atoms with E-state index < -0.39 is 22.6 Å². The van der Waals surface area contributed by atoms with Crippen molar-refractivity contribution in [2.75, 3.05) is 30.0 Å². The molecule has 114 valence electrons. The maximum Gasteiger partial charge on any atom is 0.411 e. The third kappa shape index (κ3) is 6.94. The molecule has 0 bridgehead atoms. The van der Waals surface area contributed by atoms with Crippen LogP contribution in [0.4, 0.5) is 13.2 Å². The molecule has 0 spiro atoms. The Morgan fingerprint density at radius 2 is 2.05 bits per heavy atom. The van der Waals surface area contributed by atoms with E-state index in [0.717, 1.165) is 0 Å². The highest BCUT2D eigenvalue weighted by Crippen LogP contribution is 2.30. The lowest BCUT2D eigenvalue weighted by atomic mass is 9.90. The smallest absolute Gasteiger partial charge is 0.372 e. The van der Waals surface area contributed by atoms with E-state index in [1.165, 1.54) is 0 Å². The summed E-state index contributed by atoms with van der Waals surface area (Å²) in [5, 5.41) is 0.673. The third-order valence-corrected chi connectivity index (χ3v) is 5.89. The van der Waals surface area contributed by atoms with Crippen molar-refractivity contribution in [1.82, 2.24) is 0 Å². The summed E-state index contributed by atoms with van der Waals surface area (Å²) in [6, 6.07) is 0. The zero-order valence-corrected chi connectivity index (χ0v) is 12.9. The van der Waals surface area contributed by atoms with E-state index in [1.54, 1.807) is 0 Å². The van der Waals surface area contributed by atoms with Crippen molar-refractivity contribution in [3.63, 3.8) is 0 Å². The number of halogens is 4. The van der Waals surface area contributed by atoms with Crippen molar-refractivity contribution in [3.8, 4) is 0 Å². The van der Waals surface area contributed by atoms with Gasteiger partial charge in [0.25, 0.3) is 0 Å². The van der Waals surface area contributed by atoms with Gasteiger partial charge >= 0.3 is 6.18 Å². The summed E-state index contributed by atoms with van der Waals surface area (Å²) in [6.45, 7) is -1.16. The fourth-order valence-corrected chi connectivity index (χ4v) is 5.04. The molecular weight excluding hydrogens is 349 g/mol. The van der Waals surface area contributed by atoms with E-state index >= 15 is 0 Å². The van der Waals surface area contributed by atoms with E-state index in [4.69, 9.17) is 0 Å². The molecule has 0 amide bonds. The second kappa shape index (κ2) is 7.26. The molecule has 1 fully saturated rings. The minimum atomic E-state index is -4.28. The number of hydrogen-bond acceptors (Lipinski definition) is 3. The van der Waals surface area contributed by atoms with Gasteiger partial charge in [-0.05, 0) is 31.1 Å². The van der Waals surface area contributed by atoms with Crippen LogP contribution < -0.4 is 0 Å². The second-order valence-electron chi connectivity index (χ2n) is 4.89. The Labute approximate surface area is 119 Å². The fourth-order valence-electron chi connectivity index (χ4n) is 2.27. The van der Waals surface area contributed by atoms with Crippen molar-refractivity contribution in [3.05, 3.63) is 0 Å². The van der Waals surface area contributed by atoms with Gasteiger partial charge in [-0.3, -0.25) is 0 Å². The third-order valence-electron chi connectivity index (χ3n) is 3.26. The van der Waals surface area contributed by atoms with Gasteiger partial charge < -0.3 is 4.74 Å². The summed E-state index contributed by atoms with van der Waals surface area (Å²) in [4.78, 5) is 0. The fraction of sp³-hybridized carbons (Fsp3) is 1.00. The van der Waals surface area contributed by atoms with E-state index in [-0.39, 0.29) is 29.9 Å². The van der Waals surface area contributed by atoms with Gasteiger partial charge in [-0.2, -0.15) is 13.2 Å². The Hall–Kier alpha value is 0.180. The Bertz CT molecular complexity index is 370. The lowest BCUT2D eigenvalue weighted by molar-refractivity contribution is -0.174. The first-order chi connectivity index (χ1) is 8.73. The van der Waals surface area contributed by atoms with Crippen LogP contribution in [0, 0.1) is 11.8 Å². The molecule has 1 aliphatic rings. The summed E-state index contributed by atoms with van der Waals surface area (Å²) in [5.41, 5.74) is 0. The quantitative estimate of drug-likeness (QED) is 0.514. The topological polar surface area (TPSA) is 43.4 Å². The average Bonchev–Trinajstić information content (AvgIpc) is 2.62. The summed E-state index contributed by atoms with van der Waals surface area (Å²) < 4.78 is 62.8. The number of alkyl halides is 4. The van der Waals surface area contributed by atoms with Gasteiger partial charge in [-0.25, -0.2) is 8.42 Å². The molecule has 2 unspecified atom stereocenters. The highest BCUT2D eigenvalue weighted by Gasteiger charge is 2.33. The van der Waals surface area contributed by atoms with E-state index in [0.29, 0.717) is 24.6 Å². The zero-order chi connectivity index (χ0) is 14.5. The summed E-state index contributed by atoms with van der Waals surface area (Å²) in [5.74, 6) is 0.733. The molecule has 1 heterocycles. The molecule has 1 rings (SSSR count). The van der Waals surface area contributed by atoms with Crippen LogP contribution in [-0.2, 0) is 14.6 Å². The van der Waals surface area contributed by atoms with Crippen LogP contribution >= 0.6 is 15.9 Å². The van der Waals surface area contributed by atoms with Crippen LogP contribution in [0.1, 0.15) is 19.3 Å². The Morgan fingerprint density at radius 1 is 1.37 bits per heavy atom. The monoisotopic (exact) mass is 366 g/mol. The van der Waals surface area contributed by atoms with Crippen molar-refractivity contribution < 1.29 is 26.3 Å². The van der Waals surface area contributed by atoms with Crippen LogP contribution in [-0.4, -0.2) is 44.6 Å². The van der Waals surface area contributed by atoms with E-state index in [2.05, 4.69) is 20.7 Å². The van der Waals surface area contributed by atoms with E-state index in [1.807, 2.05) is 0 Å². The second-order valence-corrected chi connectivity index (χ2v) is 7.76. The van der Waals surface area contributed by atoms with Gasteiger partial charge in [0.05, 0.1) is 11.5 Å². The molecule has 1 aliphatic heterocycles. The van der Waals surface area contributed by atoms with Crippen LogP contribution in [0.3, 0.4) is 0 Å². The number of ether oxygens (including phenoxy) is 1. The SMILES string of the molecule is O=S1(=O)CCC(C(CBr)CCCOCC(F)(F)F)C1. The summed E-state index contributed by atoms with van der Waals surface area (Å²) in [7, 11) is -2.91. The number of hydrogen-bond donors (Lipinski definition) is 0. The Morgan fingerprint density at radius 3 is 2.53 bits per heavy atom. The van der Waals surface area contributed by atoms with Gasteiger partial charge in [0.15, 0.2) is 9.84 Å². The van der Waals surface area contributed by atoms with Gasteiger partial charge in [0, 0.05) is 11.9 Å². The number of sulfone groups is 1. The minimum Gasteiger partial charge on any atom is -0.372 e. The normalized spacial score (nSPS) is 24.5. The maximum atomic E-state index is 11.8. The molecule has 0 radical (unpaired) electrons. The van der Waals surface area contributed by atoms with Crippen LogP contribution in [0.25, 0.3) is 0 Å². The standard InChI is InChI=1S/C11H18BrF3O3S/c12-6-9(10-3-5-19(16,17)7-10)2-1-4-18-8-11(13,14)15/h9-10H,1-8H2. The lowest BCUT2D eigenvalue weighted by Gasteiger charge is -2.20. The van der Waals surface area contributed by atoms with Gasteiger partial charge in [0.2, 0.25) is 0 Å². The Balaban J connectivity index is 2.23. The molecule has 0 aromatic carbocycles. The summed E-state index contributed by atoms with van der Waals surface area (Å²) >= 11 is 3.35. The lowest BCUT2D eigenvalue weighted by Crippen LogP contribution is -2.20. The molecule has 0 N–H and O–H groups in total. The molecule has 3 nitrogen and oxygen atoms in total. The molecule has 0 saturated carbocycles.